The molecule has 0 amide bonds. The normalized spacial score (nSPS) is 22.1. The highest BCUT2D eigenvalue weighted by Gasteiger charge is 2.37. The van der Waals surface area contributed by atoms with E-state index in [1.807, 2.05) is 28.1 Å². The van der Waals surface area contributed by atoms with E-state index >= 15 is 0 Å². The van der Waals surface area contributed by atoms with E-state index in [9.17, 15) is 5.11 Å². The molecule has 0 heterocycles. The summed E-state index contributed by atoms with van der Waals surface area (Å²) in [5.41, 5.74) is 2.66. The van der Waals surface area contributed by atoms with Gasteiger partial charge in [-0.2, -0.15) is 0 Å². The Kier molecular flexibility index (Phi) is 5.63. The van der Waals surface area contributed by atoms with Crippen LogP contribution in [0.25, 0.3) is 0 Å². The number of aliphatic hydroxyl groups is 1. The second-order valence-electron chi connectivity index (χ2n) is 5.39. The monoisotopic (exact) mass is 255 g/mol. The van der Waals surface area contributed by atoms with Crippen molar-refractivity contribution < 1.29 is 5.11 Å². The summed E-state index contributed by atoms with van der Waals surface area (Å²) in [6.45, 7) is 3.99. The summed E-state index contributed by atoms with van der Waals surface area (Å²) < 4.78 is 0. The van der Waals surface area contributed by atoms with Crippen molar-refractivity contribution in [2.24, 2.45) is 5.92 Å². The van der Waals surface area contributed by atoms with Gasteiger partial charge in [0.05, 0.1) is 6.10 Å². The summed E-state index contributed by atoms with van der Waals surface area (Å²) in [5, 5.41) is 19.7. The lowest BCUT2D eigenvalue weighted by atomic mass is 9.96. The quantitative estimate of drug-likeness (QED) is 0.516. The van der Waals surface area contributed by atoms with Gasteiger partial charge in [-0.15, -0.1) is 0 Å². The van der Waals surface area contributed by atoms with Gasteiger partial charge in [-0.1, -0.05) is 6.92 Å². The molecule has 1 rings (SSSR count). The van der Waals surface area contributed by atoms with E-state index in [1.54, 1.807) is 0 Å². The lowest BCUT2D eigenvalue weighted by Crippen LogP contribution is -2.56. The maximum absolute atomic E-state index is 9.56. The maximum Gasteiger partial charge on any atom is 0.110 e. The fraction of sp³-hybridized carbons (Fsp3) is 0.857. The average molecular weight is 255 g/mol. The zero-order valence-electron chi connectivity index (χ0n) is 12.4. The molecule has 0 radical (unpaired) electrons. The van der Waals surface area contributed by atoms with E-state index in [4.69, 9.17) is 0 Å². The Hall–Kier alpha value is -0.580. The molecule has 0 saturated heterocycles. The van der Waals surface area contributed by atoms with Crippen LogP contribution in [0.4, 0.5) is 0 Å². The summed E-state index contributed by atoms with van der Waals surface area (Å²) in [6.07, 6.45) is 4.08. The van der Waals surface area contributed by atoms with Crippen molar-refractivity contribution in [3.05, 3.63) is 11.3 Å². The molecule has 1 aliphatic rings. The number of hydrogen-bond donors (Lipinski definition) is 4. The standard InChI is InChI=1S/C14H29N3O/c1-10(11(2)18)6-7-12-8-9-14(16-4,17-5)13(12)15-3/h10-11,15-18H,6-9H2,1-5H3. The molecule has 2 unspecified atom stereocenters. The predicted molar refractivity (Wildman–Crippen MR) is 76.2 cm³/mol. The third-order valence-electron chi connectivity index (χ3n) is 4.41. The lowest BCUT2D eigenvalue weighted by molar-refractivity contribution is 0.130. The van der Waals surface area contributed by atoms with Crippen LogP contribution in [0.3, 0.4) is 0 Å². The summed E-state index contributed by atoms with van der Waals surface area (Å²) in [6, 6.07) is 0. The maximum atomic E-state index is 9.56. The minimum absolute atomic E-state index is 0.0991. The largest absolute Gasteiger partial charge is 0.393 e. The van der Waals surface area contributed by atoms with Crippen LogP contribution in [-0.2, 0) is 0 Å². The molecule has 4 nitrogen and oxygen atoms in total. The predicted octanol–water partition coefficient (Wildman–Crippen LogP) is 1.19. The number of aliphatic hydroxyl groups excluding tert-OH is 1. The van der Waals surface area contributed by atoms with Crippen LogP contribution in [-0.4, -0.2) is 38.0 Å². The van der Waals surface area contributed by atoms with Gasteiger partial charge in [0.25, 0.3) is 0 Å². The molecule has 0 spiro atoms. The van der Waals surface area contributed by atoms with Crippen molar-refractivity contribution in [2.75, 3.05) is 21.1 Å². The highest BCUT2D eigenvalue weighted by Crippen LogP contribution is 2.34. The van der Waals surface area contributed by atoms with Gasteiger partial charge in [0.15, 0.2) is 0 Å². The van der Waals surface area contributed by atoms with Gasteiger partial charge in [-0.3, -0.25) is 10.6 Å². The summed E-state index contributed by atoms with van der Waals surface area (Å²) in [4.78, 5) is 0. The molecule has 0 fully saturated rings. The number of nitrogens with one attached hydrogen (secondary N) is 3. The third kappa shape index (κ3) is 3.05. The van der Waals surface area contributed by atoms with E-state index in [-0.39, 0.29) is 11.8 Å². The molecule has 4 heteroatoms. The van der Waals surface area contributed by atoms with Gasteiger partial charge in [-0.25, -0.2) is 0 Å². The minimum atomic E-state index is -0.219. The molecular formula is C14H29N3O. The Bertz CT molecular complexity index is 295. The third-order valence-corrected chi connectivity index (χ3v) is 4.41. The second-order valence-corrected chi connectivity index (χ2v) is 5.39. The van der Waals surface area contributed by atoms with Crippen LogP contribution in [0, 0.1) is 5.92 Å². The molecule has 0 aromatic rings. The molecule has 1 aliphatic carbocycles. The van der Waals surface area contributed by atoms with E-state index in [0.29, 0.717) is 5.92 Å². The SMILES string of the molecule is CNC1=C(CCC(C)C(C)O)CCC1(NC)NC. The first-order valence-electron chi connectivity index (χ1n) is 6.97. The molecule has 106 valence electrons. The molecule has 0 aromatic heterocycles. The van der Waals surface area contributed by atoms with Crippen molar-refractivity contribution in [3.8, 4) is 0 Å². The molecule has 0 aromatic carbocycles. The smallest absolute Gasteiger partial charge is 0.110 e. The first-order chi connectivity index (χ1) is 8.50. The van der Waals surface area contributed by atoms with E-state index < -0.39 is 0 Å². The number of likely N-dealkylation sites (N-methyl/N-ethyl adjacent to an activating group) is 3. The Morgan fingerprint density at radius 2 is 1.83 bits per heavy atom. The van der Waals surface area contributed by atoms with Crippen LogP contribution in [0.2, 0.25) is 0 Å². The summed E-state index contributed by atoms with van der Waals surface area (Å²) in [5.74, 6) is 0.356. The zero-order valence-corrected chi connectivity index (χ0v) is 12.4. The average Bonchev–Trinajstić information content (AvgIpc) is 2.73. The molecular weight excluding hydrogens is 226 g/mol. The van der Waals surface area contributed by atoms with Crippen molar-refractivity contribution in [3.63, 3.8) is 0 Å². The van der Waals surface area contributed by atoms with Crippen LogP contribution >= 0.6 is 0 Å². The minimum Gasteiger partial charge on any atom is -0.393 e. The van der Waals surface area contributed by atoms with E-state index in [0.717, 1.165) is 25.7 Å². The fourth-order valence-electron chi connectivity index (χ4n) is 2.80. The Morgan fingerprint density at radius 1 is 1.22 bits per heavy atom. The van der Waals surface area contributed by atoms with Crippen LogP contribution in [0.1, 0.15) is 39.5 Å². The number of hydrogen-bond acceptors (Lipinski definition) is 4. The molecule has 0 aliphatic heterocycles. The molecule has 0 saturated carbocycles. The molecule has 2 atom stereocenters. The number of allylic oxidation sites excluding steroid dienone is 1. The second kappa shape index (κ2) is 6.55. The van der Waals surface area contributed by atoms with E-state index in [1.165, 1.54) is 11.3 Å². The Balaban J connectivity index is 2.74. The fourth-order valence-corrected chi connectivity index (χ4v) is 2.80. The summed E-state index contributed by atoms with van der Waals surface area (Å²) >= 11 is 0. The van der Waals surface area contributed by atoms with Crippen LogP contribution < -0.4 is 16.0 Å². The molecule has 0 bridgehead atoms. The van der Waals surface area contributed by atoms with Gasteiger partial charge < -0.3 is 10.4 Å². The van der Waals surface area contributed by atoms with E-state index in [2.05, 4.69) is 22.9 Å². The Labute approximate surface area is 111 Å². The van der Waals surface area contributed by atoms with Crippen molar-refractivity contribution in [1.29, 1.82) is 0 Å². The summed E-state index contributed by atoms with van der Waals surface area (Å²) in [7, 11) is 5.98. The number of rotatable bonds is 7. The van der Waals surface area contributed by atoms with Gasteiger partial charge in [-0.05, 0) is 58.2 Å². The highest BCUT2D eigenvalue weighted by atomic mass is 16.3. The highest BCUT2D eigenvalue weighted by molar-refractivity contribution is 5.30. The molecule has 4 N–H and O–H groups in total. The zero-order chi connectivity index (χ0) is 13.8. The van der Waals surface area contributed by atoms with Crippen molar-refractivity contribution >= 4 is 0 Å². The van der Waals surface area contributed by atoms with Crippen LogP contribution in [0.5, 0.6) is 0 Å². The topological polar surface area (TPSA) is 56.3 Å². The van der Waals surface area contributed by atoms with Gasteiger partial charge in [0, 0.05) is 12.7 Å². The van der Waals surface area contributed by atoms with Crippen LogP contribution in [0.15, 0.2) is 11.3 Å². The van der Waals surface area contributed by atoms with Gasteiger partial charge in [0.1, 0.15) is 5.66 Å². The van der Waals surface area contributed by atoms with Gasteiger partial charge in [0.2, 0.25) is 0 Å². The first-order valence-corrected chi connectivity index (χ1v) is 6.97. The Morgan fingerprint density at radius 3 is 2.28 bits per heavy atom. The lowest BCUT2D eigenvalue weighted by Gasteiger charge is -2.32. The molecule has 18 heavy (non-hydrogen) atoms. The first kappa shape index (κ1) is 15.5. The van der Waals surface area contributed by atoms with Crippen molar-refractivity contribution in [2.45, 2.75) is 51.3 Å². The van der Waals surface area contributed by atoms with Gasteiger partial charge >= 0.3 is 0 Å². The van der Waals surface area contributed by atoms with Crippen molar-refractivity contribution in [1.82, 2.24) is 16.0 Å².